The summed E-state index contributed by atoms with van der Waals surface area (Å²) in [7, 11) is 0. The lowest BCUT2D eigenvalue weighted by Crippen LogP contribution is -2.30. The van der Waals surface area contributed by atoms with Crippen molar-refractivity contribution in [3.8, 4) is 0 Å². The van der Waals surface area contributed by atoms with E-state index in [2.05, 4.69) is 0 Å². The van der Waals surface area contributed by atoms with Crippen LogP contribution in [-0.4, -0.2) is 22.2 Å². The third-order valence-electron chi connectivity index (χ3n) is 1.77. The molecule has 72 valence electrons. The quantitative estimate of drug-likeness (QED) is 0.611. The molecule has 1 rings (SSSR count). The largest absolute Gasteiger partial charge is 0.512 e. The number of rotatable bonds is 3. The van der Waals surface area contributed by atoms with E-state index in [4.69, 9.17) is 13.6 Å². The van der Waals surface area contributed by atoms with Crippen LogP contribution >= 0.6 is 0 Å². The van der Waals surface area contributed by atoms with Crippen molar-refractivity contribution in [1.29, 1.82) is 0 Å². The van der Waals surface area contributed by atoms with Crippen molar-refractivity contribution in [2.75, 3.05) is 0 Å². The number of carboxylic acid groups (broad SMARTS) is 1. The van der Waals surface area contributed by atoms with Gasteiger partial charge >= 0.3 is 5.97 Å². The second-order valence-electron chi connectivity index (χ2n) is 2.88. The second kappa shape index (κ2) is 4.09. The Morgan fingerprint density at radius 3 is 3.00 bits per heavy atom. The highest BCUT2D eigenvalue weighted by Crippen LogP contribution is 2.19. The minimum atomic E-state index is -1.82. The molecule has 0 amide bonds. The lowest BCUT2D eigenvalue weighted by Gasteiger charge is -2.13. The fraction of sp³-hybridized carbons (Fsp3) is 0.444. The van der Waals surface area contributed by atoms with Crippen LogP contribution in [0.1, 0.15) is 22.0 Å². The number of hydrogen-bond acceptors (Lipinski definition) is 3. The zero-order chi connectivity index (χ0) is 11.6. The third kappa shape index (κ3) is 2.91. The first-order valence-corrected chi connectivity index (χ1v) is 3.90. The molecule has 0 saturated carbocycles. The number of aliphatic hydroxyl groups is 1. The first kappa shape index (κ1) is 7.15. The van der Waals surface area contributed by atoms with Gasteiger partial charge in [0.1, 0.15) is 6.04 Å². The number of carboxylic acids is 1. The number of carbonyl (C=O) groups is 1. The van der Waals surface area contributed by atoms with Crippen LogP contribution in [0, 0.1) is 0 Å². The molecule has 0 fully saturated rings. The van der Waals surface area contributed by atoms with Crippen LogP contribution in [-0.2, 0) is 4.79 Å². The predicted octanol–water partition coefficient (Wildman–Crippen LogP) is 0.951. The van der Waals surface area contributed by atoms with E-state index in [0.29, 0.717) is 5.57 Å². The summed E-state index contributed by atoms with van der Waals surface area (Å²) in [5, 5.41) is 17.8. The Balaban J connectivity index is 2.71. The highest BCUT2D eigenvalue weighted by molar-refractivity contribution is 5.73. The molecule has 1 aliphatic rings. The molecular formula is C9H13NO3. The van der Waals surface area contributed by atoms with E-state index >= 15 is 0 Å². The molecule has 0 aromatic carbocycles. The van der Waals surface area contributed by atoms with E-state index in [1.807, 2.05) is 0 Å². The molecule has 0 spiro atoms. The Bertz CT molecular complexity index is 336. The fourth-order valence-corrected chi connectivity index (χ4v) is 1.03. The zero-order valence-electron chi connectivity index (χ0n) is 9.03. The molecular weight excluding hydrogens is 170 g/mol. The number of allylic oxidation sites excluding steroid dienone is 3. The summed E-state index contributed by atoms with van der Waals surface area (Å²) in [4.78, 5) is 10.5. The average molecular weight is 185 g/mol. The second-order valence-corrected chi connectivity index (χ2v) is 2.88. The van der Waals surface area contributed by atoms with Gasteiger partial charge in [0.05, 0.1) is 5.76 Å². The van der Waals surface area contributed by atoms with Gasteiger partial charge in [-0.15, -0.1) is 0 Å². The first-order chi connectivity index (χ1) is 6.83. The predicted molar refractivity (Wildman–Crippen MR) is 48.3 cm³/mol. The van der Waals surface area contributed by atoms with Crippen LogP contribution in [0.2, 0.25) is 0 Å². The Morgan fingerprint density at radius 2 is 2.46 bits per heavy atom. The van der Waals surface area contributed by atoms with Gasteiger partial charge in [0.25, 0.3) is 0 Å². The lowest BCUT2D eigenvalue weighted by molar-refractivity contribution is -0.138. The smallest absolute Gasteiger partial charge is 0.320 e. The highest BCUT2D eigenvalue weighted by atomic mass is 16.4. The highest BCUT2D eigenvalue weighted by Gasteiger charge is 2.14. The van der Waals surface area contributed by atoms with Gasteiger partial charge in [0.2, 0.25) is 0 Å². The molecule has 0 aromatic heterocycles. The van der Waals surface area contributed by atoms with Gasteiger partial charge < -0.3 is 15.9 Å². The summed E-state index contributed by atoms with van der Waals surface area (Å²) < 4.78 is 14.9. The molecule has 13 heavy (non-hydrogen) atoms. The molecule has 0 aromatic rings. The maximum atomic E-state index is 10.5. The molecule has 1 aliphatic carbocycles. The molecule has 4 nitrogen and oxygen atoms in total. The summed E-state index contributed by atoms with van der Waals surface area (Å²) in [6.07, 6.45) is 1.02. The Kier molecular flexibility index (Phi) is 2.25. The van der Waals surface area contributed by atoms with Gasteiger partial charge in [-0.25, -0.2) is 0 Å². The van der Waals surface area contributed by atoms with E-state index in [1.54, 1.807) is 0 Å². The summed E-state index contributed by atoms with van der Waals surface area (Å²) in [6.45, 7) is 0. The molecule has 0 radical (unpaired) electrons. The van der Waals surface area contributed by atoms with Gasteiger partial charge in [0.15, 0.2) is 0 Å². The maximum Gasteiger partial charge on any atom is 0.320 e. The van der Waals surface area contributed by atoms with Crippen LogP contribution in [0.3, 0.4) is 0 Å². The van der Waals surface area contributed by atoms with Crippen LogP contribution in [0.5, 0.6) is 0 Å². The number of aliphatic hydroxyl groups excluding tert-OH is 1. The normalized spacial score (nSPS) is 25.0. The van der Waals surface area contributed by atoms with E-state index < -0.39 is 18.4 Å². The summed E-state index contributed by atoms with van der Waals surface area (Å²) in [6, 6.07) is -1.03. The fourth-order valence-electron chi connectivity index (χ4n) is 1.03. The summed E-state index contributed by atoms with van der Waals surface area (Å²) in [5.74, 6) is -1.45. The molecule has 1 atom stereocenters. The van der Waals surface area contributed by atoms with E-state index in [0.717, 1.165) is 0 Å². The molecule has 4 N–H and O–H groups in total. The van der Waals surface area contributed by atoms with Gasteiger partial charge in [-0.2, -0.15) is 0 Å². The molecule has 0 aliphatic heterocycles. The van der Waals surface area contributed by atoms with Crippen molar-refractivity contribution < 1.29 is 17.7 Å². The van der Waals surface area contributed by atoms with Crippen molar-refractivity contribution in [3.63, 3.8) is 0 Å². The molecule has 0 unspecified atom stereocenters. The Hall–Kier alpha value is -1.29. The summed E-state index contributed by atoms with van der Waals surface area (Å²) in [5.41, 5.74) is 5.91. The van der Waals surface area contributed by atoms with Crippen LogP contribution in [0.25, 0.3) is 0 Å². The van der Waals surface area contributed by atoms with Crippen molar-refractivity contribution >= 4 is 5.97 Å². The van der Waals surface area contributed by atoms with Crippen LogP contribution < -0.4 is 5.73 Å². The minimum Gasteiger partial charge on any atom is -0.512 e. The molecule has 0 bridgehead atoms. The van der Waals surface area contributed by atoms with Crippen LogP contribution in [0.15, 0.2) is 23.5 Å². The average Bonchev–Trinajstić information content (AvgIpc) is 2.10. The van der Waals surface area contributed by atoms with E-state index in [9.17, 15) is 9.90 Å². The standard InChI is InChI=1S/C9H13NO3/c10-8(9(12)13)5-6-1-3-7(11)4-2-6/h1,3,8,11H,2,4-5,10H2,(H,12,13)/t8-/m1/s1/i4D2. The molecule has 0 saturated heterocycles. The van der Waals surface area contributed by atoms with E-state index in [-0.39, 0.29) is 18.6 Å². The van der Waals surface area contributed by atoms with Crippen molar-refractivity contribution in [3.05, 3.63) is 23.5 Å². The monoisotopic (exact) mass is 185 g/mol. The Labute approximate surface area is 79.2 Å². The first-order valence-electron chi connectivity index (χ1n) is 4.90. The summed E-state index contributed by atoms with van der Waals surface area (Å²) >= 11 is 0. The maximum absolute atomic E-state index is 10.5. The van der Waals surface area contributed by atoms with Gasteiger partial charge in [-0.05, 0) is 18.9 Å². The van der Waals surface area contributed by atoms with E-state index in [1.165, 1.54) is 12.2 Å². The molecule has 0 heterocycles. The van der Waals surface area contributed by atoms with Gasteiger partial charge in [0, 0.05) is 9.11 Å². The van der Waals surface area contributed by atoms with Crippen molar-refractivity contribution in [2.24, 2.45) is 5.73 Å². The zero-order valence-corrected chi connectivity index (χ0v) is 7.03. The van der Waals surface area contributed by atoms with Crippen molar-refractivity contribution in [2.45, 2.75) is 25.3 Å². The minimum absolute atomic E-state index is 0.0175. The third-order valence-corrected chi connectivity index (χ3v) is 1.77. The molecule has 4 heteroatoms. The Morgan fingerprint density at radius 1 is 1.77 bits per heavy atom. The van der Waals surface area contributed by atoms with Crippen molar-refractivity contribution in [1.82, 2.24) is 0 Å². The topological polar surface area (TPSA) is 83.6 Å². The SMILES string of the molecule is [2H]C1([2H])CC(C[C@@H](N)C(=O)O)=CC=C1O. The lowest BCUT2D eigenvalue weighted by atomic mass is 9.97. The number of aliphatic carboxylic acids is 1. The van der Waals surface area contributed by atoms with Gasteiger partial charge in [-0.1, -0.05) is 11.6 Å². The number of nitrogens with two attached hydrogens (primary N) is 1. The number of hydrogen-bond donors (Lipinski definition) is 3. The van der Waals surface area contributed by atoms with Gasteiger partial charge in [-0.3, -0.25) is 4.79 Å². The van der Waals surface area contributed by atoms with Crippen LogP contribution in [0.4, 0.5) is 0 Å².